The molecule has 5 rings (SSSR count). The first-order valence-electron chi connectivity index (χ1n) is 13.3. The summed E-state index contributed by atoms with van der Waals surface area (Å²) in [5.74, 6) is 2.09. The van der Waals surface area contributed by atoms with E-state index in [2.05, 4.69) is 75.1 Å². The van der Waals surface area contributed by atoms with Crippen molar-refractivity contribution in [3.05, 3.63) is 48.4 Å². The highest BCUT2D eigenvalue weighted by atomic mass is 16.5. The molecule has 0 spiro atoms. The number of nitrogens with one attached hydrogen (secondary N) is 1. The van der Waals surface area contributed by atoms with E-state index in [0.29, 0.717) is 34.8 Å². The van der Waals surface area contributed by atoms with Crippen LogP contribution in [-0.4, -0.2) is 79.0 Å². The number of aromatic nitrogens is 4. The molecule has 2 aromatic heterocycles. The number of rotatable bonds is 9. The lowest BCUT2D eigenvalue weighted by Crippen LogP contribution is -2.29. The van der Waals surface area contributed by atoms with Crippen LogP contribution in [0, 0.1) is 0 Å². The maximum Gasteiger partial charge on any atom is 0.230 e. The molecule has 0 unspecified atom stereocenters. The lowest BCUT2D eigenvalue weighted by atomic mass is 9.92. The van der Waals surface area contributed by atoms with E-state index in [9.17, 15) is 0 Å². The molecule has 3 heterocycles. The first-order chi connectivity index (χ1) is 18.9. The first-order valence-corrected chi connectivity index (χ1v) is 13.3. The number of nitrogens with zero attached hydrogens (tertiary/aromatic N) is 6. The van der Waals surface area contributed by atoms with Gasteiger partial charge in [0.1, 0.15) is 12.1 Å². The molecule has 39 heavy (non-hydrogen) atoms. The topological polar surface area (TPSA) is 107 Å². The van der Waals surface area contributed by atoms with E-state index in [1.165, 1.54) is 5.69 Å². The Hall–Kier alpha value is -3.89. The number of likely N-dealkylation sites (N-methyl/N-ethyl adjacent to an activating group) is 2. The van der Waals surface area contributed by atoms with Gasteiger partial charge in [-0.3, -0.25) is 0 Å². The Balaban J connectivity index is 1.50. The van der Waals surface area contributed by atoms with Crippen molar-refractivity contribution in [2.24, 2.45) is 7.05 Å². The van der Waals surface area contributed by atoms with Crippen LogP contribution in [0.5, 0.6) is 5.75 Å². The van der Waals surface area contributed by atoms with Crippen LogP contribution >= 0.6 is 0 Å². The molecule has 1 fully saturated rings. The fraction of sp³-hybridized carbons (Fsp3) is 0.414. The molecule has 0 amide bonds. The van der Waals surface area contributed by atoms with Gasteiger partial charge in [-0.1, -0.05) is 18.2 Å². The SMILES string of the molecule is COc1cc(N(C)CCN(C)C)c(N)cc1Nc1ncnc(-c2c(C3CCOCC3)n(C)c3ccccc23)n1. The summed E-state index contributed by atoms with van der Waals surface area (Å²) < 4.78 is 13.7. The molecule has 0 aliphatic carbocycles. The summed E-state index contributed by atoms with van der Waals surface area (Å²) in [6.07, 6.45) is 3.50. The number of fused-ring (bicyclic) bond motifs is 1. The highest BCUT2D eigenvalue weighted by molar-refractivity contribution is 5.97. The van der Waals surface area contributed by atoms with Gasteiger partial charge < -0.3 is 34.9 Å². The maximum absolute atomic E-state index is 6.48. The minimum atomic E-state index is 0.372. The van der Waals surface area contributed by atoms with Crippen molar-refractivity contribution >= 4 is 33.9 Å². The molecular formula is C29H38N8O2. The third-order valence-corrected chi connectivity index (χ3v) is 7.44. The molecule has 4 aromatic rings. The van der Waals surface area contributed by atoms with Crippen molar-refractivity contribution < 1.29 is 9.47 Å². The summed E-state index contributed by atoms with van der Waals surface area (Å²) >= 11 is 0. The van der Waals surface area contributed by atoms with Crippen LogP contribution in [0.4, 0.5) is 23.0 Å². The van der Waals surface area contributed by atoms with Gasteiger partial charge in [-0.2, -0.15) is 4.98 Å². The van der Waals surface area contributed by atoms with Gasteiger partial charge in [0, 0.05) is 74.5 Å². The lowest BCUT2D eigenvalue weighted by molar-refractivity contribution is 0.0841. The molecule has 0 saturated carbocycles. The number of hydrogen-bond acceptors (Lipinski definition) is 9. The highest BCUT2D eigenvalue weighted by Gasteiger charge is 2.27. The minimum Gasteiger partial charge on any atom is -0.494 e. The number of methoxy groups -OCH3 is 1. The van der Waals surface area contributed by atoms with Crippen LogP contribution in [0.3, 0.4) is 0 Å². The molecule has 0 atom stereocenters. The average Bonchev–Trinajstić information content (AvgIpc) is 3.25. The van der Waals surface area contributed by atoms with Gasteiger partial charge in [-0.15, -0.1) is 0 Å². The fourth-order valence-corrected chi connectivity index (χ4v) is 5.35. The zero-order chi connectivity index (χ0) is 27.5. The molecule has 10 nitrogen and oxygen atoms in total. The van der Waals surface area contributed by atoms with Gasteiger partial charge in [0.25, 0.3) is 0 Å². The second-order valence-corrected chi connectivity index (χ2v) is 10.3. The van der Waals surface area contributed by atoms with Crippen molar-refractivity contribution in [1.29, 1.82) is 0 Å². The van der Waals surface area contributed by atoms with Crippen LogP contribution in [0.15, 0.2) is 42.7 Å². The zero-order valence-corrected chi connectivity index (χ0v) is 23.4. The zero-order valence-electron chi connectivity index (χ0n) is 23.4. The van der Waals surface area contributed by atoms with E-state index in [-0.39, 0.29) is 0 Å². The molecule has 10 heteroatoms. The Bertz CT molecular complexity index is 1440. The molecule has 2 aromatic carbocycles. The number of anilines is 4. The van der Waals surface area contributed by atoms with Crippen LogP contribution in [-0.2, 0) is 11.8 Å². The van der Waals surface area contributed by atoms with Crippen molar-refractivity contribution in [2.45, 2.75) is 18.8 Å². The van der Waals surface area contributed by atoms with E-state index in [0.717, 1.165) is 61.3 Å². The van der Waals surface area contributed by atoms with Gasteiger partial charge in [-0.25, -0.2) is 9.97 Å². The van der Waals surface area contributed by atoms with Crippen LogP contribution in [0.1, 0.15) is 24.5 Å². The second-order valence-electron chi connectivity index (χ2n) is 10.3. The van der Waals surface area contributed by atoms with Crippen molar-refractivity contribution in [3.63, 3.8) is 0 Å². The number of ether oxygens (including phenoxy) is 2. The van der Waals surface area contributed by atoms with E-state index >= 15 is 0 Å². The molecule has 0 bridgehead atoms. The lowest BCUT2D eigenvalue weighted by Gasteiger charge is -2.24. The van der Waals surface area contributed by atoms with Crippen molar-refractivity contribution in [3.8, 4) is 17.1 Å². The van der Waals surface area contributed by atoms with Crippen molar-refractivity contribution in [2.75, 3.05) is 70.5 Å². The normalized spacial score (nSPS) is 14.2. The van der Waals surface area contributed by atoms with E-state index in [1.807, 2.05) is 19.2 Å². The van der Waals surface area contributed by atoms with Crippen LogP contribution in [0.25, 0.3) is 22.3 Å². The van der Waals surface area contributed by atoms with Gasteiger partial charge in [0.15, 0.2) is 5.82 Å². The number of nitrogens with two attached hydrogens (primary N) is 1. The Labute approximate surface area is 229 Å². The molecule has 206 valence electrons. The maximum atomic E-state index is 6.48. The third kappa shape index (κ3) is 5.48. The molecule has 1 aliphatic rings. The first kappa shape index (κ1) is 26.7. The number of aryl methyl sites for hydroxylation is 1. The minimum absolute atomic E-state index is 0.372. The quantitative estimate of drug-likeness (QED) is 0.307. The predicted octanol–water partition coefficient (Wildman–Crippen LogP) is 4.26. The predicted molar refractivity (Wildman–Crippen MR) is 157 cm³/mol. The van der Waals surface area contributed by atoms with E-state index in [1.54, 1.807) is 13.4 Å². The standard InChI is InChI=1S/C29H38N8O2/c1-35(2)12-13-36(3)24-17-25(38-5)22(16-21(24)30)33-29-32-18-31-28(34-29)26-20-8-6-7-9-23(20)37(4)27(26)19-10-14-39-15-11-19/h6-9,16-19H,10-15,30H2,1-5H3,(H,31,32,33,34). The molecule has 0 radical (unpaired) electrons. The average molecular weight is 531 g/mol. The number of benzene rings is 2. The Morgan fingerprint density at radius 3 is 2.62 bits per heavy atom. The van der Waals surface area contributed by atoms with Crippen LogP contribution < -0.4 is 20.7 Å². The van der Waals surface area contributed by atoms with Crippen LogP contribution in [0.2, 0.25) is 0 Å². The smallest absolute Gasteiger partial charge is 0.230 e. The highest BCUT2D eigenvalue weighted by Crippen LogP contribution is 2.41. The Kier molecular flexibility index (Phi) is 7.85. The van der Waals surface area contributed by atoms with Gasteiger partial charge in [0.05, 0.1) is 24.2 Å². The second kappa shape index (κ2) is 11.5. The van der Waals surface area contributed by atoms with Gasteiger partial charge in [-0.05, 0) is 39.1 Å². The monoisotopic (exact) mass is 530 g/mol. The summed E-state index contributed by atoms with van der Waals surface area (Å²) in [5.41, 5.74) is 12.2. The molecular weight excluding hydrogens is 492 g/mol. The fourth-order valence-electron chi connectivity index (χ4n) is 5.35. The largest absolute Gasteiger partial charge is 0.494 e. The molecule has 1 aliphatic heterocycles. The van der Waals surface area contributed by atoms with Gasteiger partial charge >= 0.3 is 0 Å². The van der Waals surface area contributed by atoms with Gasteiger partial charge in [0.2, 0.25) is 5.95 Å². The summed E-state index contributed by atoms with van der Waals surface area (Å²) in [4.78, 5) is 18.2. The summed E-state index contributed by atoms with van der Waals surface area (Å²) in [7, 11) is 9.91. The Morgan fingerprint density at radius 2 is 1.87 bits per heavy atom. The summed E-state index contributed by atoms with van der Waals surface area (Å²) in [5, 5.41) is 4.45. The number of para-hydroxylation sites is 1. The number of hydrogen-bond donors (Lipinski definition) is 2. The molecule has 1 saturated heterocycles. The molecule has 3 N–H and O–H groups in total. The summed E-state index contributed by atoms with van der Waals surface area (Å²) in [6, 6.07) is 12.2. The van der Waals surface area contributed by atoms with Crippen molar-refractivity contribution in [1.82, 2.24) is 24.4 Å². The third-order valence-electron chi connectivity index (χ3n) is 7.44. The number of nitrogen functional groups attached to an aromatic ring is 1. The Morgan fingerprint density at radius 1 is 1.10 bits per heavy atom. The van der Waals surface area contributed by atoms with E-state index in [4.69, 9.17) is 20.2 Å². The van der Waals surface area contributed by atoms with E-state index < -0.39 is 0 Å². The summed E-state index contributed by atoms with van der Waals surface area (Å²) in [6.45, 7) is 3.27.